The van der Waals surface area contributed by atoms with E-state index < -0.39 is 0 Å². The lowest BCUT2D eigenvalue weighted by Crippen LogP contribution is -2.47. The Morgan fingerprint density at radius 1 is 0.431 bits per heavy atom. The minimum Gasteiger partial charge on any atom is -0.327 e. The number of allylic oxidation sites excluding steroid dienone is 7. The van der Waals surface area contributed by atoms with Crippen LogP contribution in [0.3, 0.4) is 0 Å². The second-order valence-corrected chi connectivity index (χ2v) is 33.4. The molecule has 0 amide bonds. The van der Waals surface area contributed by atoms with E-state index in [0.717, 1.165) is 116 Å². The van der Waals surface area contributed by atoms with Gasteiger partial charge in [-0.25, -0.2) is 0 Å². The number of halogens is 3. The van der Waals surface area contributed by atoms with Crippen molar-refractivity contribution in [1.29, 1.82) is 0 Å². The Kier molecular flexibility index (Phi) is 23.0. The van der Waals surface area contributed by atoms with Crippen molar-refractivity contribution in [3.63, 3.8) is 0 Å². The van der Waals surface area contributed by atoms with Crippen molar-refractivity contribution >= 4 is 50.1 Å². The van der Waals surface area contributed by atoms with Gasteiger partial charge in [0.2, 0.25) is 0 Å². The Morgan fingerprint density at radius 3 is 1.07 bits per heavy atom. The Morgan fingerprint density at radius 2 is 0.722 bits per heavy atom. The molecular formula is C68H118BrClIN. The van der Waals surface area contributed by atoms with Crippen molar-refractivity contribution in [3.05, 3.63) is 46.6 Å². The summed E-state index contributed by atoms with van der Waals surface area (Å²) < 4.78 is 0.880. The maximum Gasteiger partial charge on any atom is 0.0373 e. The molecule has 0 aromatic carbocycles. The van der Waals surface area contributed by atoms with E-state index in [1.165, 1.54) is 89.9 Å². The summed E-state index contributed by atoms with van der Waals surface area (Å²) in [6.45, 7) is 48.9. The van der Waals surface area contributed by atoms with Crippen LogP contribution in [-0.4, -0.2) is 20.2 Å². The molecule has 8 aliphatic rings. The Hall–Kier alpha value is 0.420. The predicted molar refractivity (Wildman–Crippen MR) is 333 cm³/mol. The zero-order valence-corrected chi connectivity index (χ0v) is 55.4. The average Bonchev–Trinajstić information content (AvgIpc) is 3.28. The second kappa shape index (κ2) is 26.1. The third-order valence-corrected chi connectivity index (χ3v) is 24.6. The van der Waals surface area contributed by atoms with Gasteiger partial charge in [0.1, 0.15) is 0 Å². The minimum absolute atomic E-state index is 0.382. The van der Waals surface area contributed by atoms with Crippen LogP contribution in [0, 0.1) is 116 Å². The lowest BCUT2D eigenvalue weighted by molar-refractivity contribution is 0.0417. The molecule has 4 saturated carbocycles. The fourth-order valence-corrected chi connectivity index (χ4v) is 20.5. The van der Waals surface area contributed by atoms with Crippen LogP contribution in [0.25, 0.3) is 0 Å². The largest absolute Gasteiger partial charge is 0.327 e. The molecule has 8 unspecified atom stereocenters. The van der Waals surface area contributed by atoms with Crippen LogP contribution < -0.4 is 5.73 Å². The number of hydrogen-bond acceptors (Lipinski definition) is 1. The molecule has 0 heterocycles. The van der Waals surface area contributed by atoms with E-state index in [2.05, 4.69) is 201 Å². The molecule has 0 aliphatic heterocycles. The minimum atomic E-state index is 0.382. The zero-order chi connectivity index (χ0) is 54.0. The second-order valence-electron chi connectivity index (χ2n) is 29.8. The molecule has 8 rings (SSSR count). The lowest BCUT2D eigenvalue weighted by atomic mass is 9.52. The molecule has 0 aromatic heterocycles. The van der Waals surface area contributed by atoms with Gasteiger partial charge in [-0.05, 0) is 219 Å². The highest BCUT2D eigenvalue weighted by atomic mass is 127. The number of fused-ring (bicyclic) bond motifs is 4. The molecule has 0 spiro atoms. The summed E-state index contributed by atoms with van der Waals surface area (Å²) in [7, 11) is 0. The van der Waals surface area contributed by atoms with E-state index in [1.807, 2.05) is 0 Å². The van der Waals surface area contributed by atoms with E-state index >= 15 is 0 Å². The van der Waals surface area contributed by atoms with Gasteiger partial charge in [-0.15, -0.1) is 11.6 Å². The normalized spacial score (nSPS) is 40.9. The SMILES string of the molecule is CC(C)C1CC=C2C[C@@H](Br)CC[C@]2(C)C1C(C)C.CC(C)C1CC=C2C[C@@H](Cl)CC[C@]2(C)C1C(C)C.CC(C)C1CC=C2C[C@@H](I)CC[C@]2(C)C1C(C)C.CC(C)C1CC=C2C[C@@H](N)CC[C@]2(C)C1C(C)C. The molecule has 4 heteroatoms. The summed E-state index contributed by atoms with van der Waals surface area (Å²) in [6, 6.07) is 0.410. The van der Waals surface area contributed by atoms with Gasteiger partial charge in [-0.3, -0.25) is 0 Å². The maximum atomic E-state index is 6.38. The molecule has 72 heavy (non-hydrogen) atoms. The standard InChI is InChI=1S/C17H29Br.C17H29Cl.C17H29I.C17H31N/c4*1-11(2)15-7-6-13-10-14(18)8-9-17(13,5)16(15)12(3)4/h3*6,11-12,14-16H,7-10H2,1-5H3;6,11-12,14-16H,7-10,18H2,1-5H3/t4*14-,15?,16?,17-/m0000/s1. The van der Waals surface area contributed by atoms with Gasteiger partial charge in [-0.2, -0.15) is 0 Å². The first kappa shape index (κ1) is 63.3. The van der Waals surface area contributed by atoms with E-state index in [-0.39, 0.29) is 0 Å². The maximum absolute atomic E-state index is 6.38. The zero-order valence-electron chi connectivity index (χ0n) is 50.9. The van der Waals surface area contributed by atoms with E-state index in [1.54, 1.807) is 22.3 Å². The third-order valence-electron chi connectivity index (χ3n) is 22.3. The molecule has 416 valence electrons. The van der Waals surface area contributed by atoms with Crippen molar-refractivity contribution in [3.8, 4) is 0 Å². The van der Waals surface area contributed by atoms with Crippen molar-refractivity contribution in [2.45, 2.75) is 261 Å². The highest BCUT2D eigenvalue weighted by Gasteiger charge is 2.52. The third kappa shape index (κ3) is 13.9. The molecule has 4 fully saturated rings. The molecule has 8 aliphatic carbocycles. The quantitative estimate of drug-likeness (QED) is 0.146. The topological polar surface area (TPSA) is 26.0 Å². The first-order valence-electron chi connectivity index (χ1n) is 30.9. The highest BCUT2D eigenvalue weighted by Crippen LogP contribution is 2.61. The monoisotopic (exact) mass is 1190 g/mol. The van der Waals surface area contributed by atoms with Crippen LogP contribution in [0.4, 0.5) is 0 Å². The van der Waals surface area contributed by atoms with Crippen LogP contribution in [0.1, 0.15) is 241 Å². The van der Waals surface area contributed by atoms with E-state index in [4.69, 9.17) is 17.3 Å². The molecule has 0 bridgehead atoms. The Labute approximate surface area is 476 Å². The van der Waals surface area contributed by atoms with E-state index in [0.29, 0.717) is 33.1 Å². The molecule has 0 radical (unpaired) electrons. The molecule has 0 aromatic rings. The number of hydrogen-bond donors (Lipinski definition) is 1. The van der Waals surface area contributed by atoms with Gasteiger partial charge in [-0.1, -0.05) is 224 Å². The number of nitrogens with two attached hydrogens (primary N) is 1. The Balaban J connectivity index is 0.000000178. The molecule has 0 saturated heterocycles. The van der Waals surface area contributed by atoms with Gasteiger partial charge in [0.05, 0.1) is 0 Å². The fourth-order valence-electron chi connectivity index (χ4n) is 18.9. The van der Waals surface area contributed by atoms with Crippen molar-refractivity contribution < 1.29 is 0 Å². The van der Waals surface area contributed by atoms with Crippen molar-refractivity contribution in [1.82, 2.24) is 0 Å². The predicted octanol–water partition coefficient (Wildman–Crippen LogP) is 21.7. The van der Waals surface area contributed by atoms with Crippen LogP contribution in [-0.2, 0) is 0 Å². The van der Waals surface area contributed by atoms with Crippen LogP contribution in [0.15, 0.2) is 46.6 Å². The van der Waals surface area contributed by atoms with Crippen molar-refractivity contribution in [2.75, 3.05) is 0 Å². The Bertz CT molecular complexity index is 1590. The van der Waals surface area contributed by atoms with Gasteiger partial charge < -0.3 is 5.73 Å². The van der Waals surface area contributed by atoms with Gasteiger partial charge in [0, 0.05) is 20.2 Å². The van der Waals surface area contributed by atoms with E-state index in [9.17, 15) is 0 Å². The summed E-state index contributed by atoms with van der Waals surface area (Å²) in [6.07, 6.45) is 30.9. The summed E-state index contributed by atoms with van der Waals surface area (Å²) in [5.74, 6) is 13.3. The first-order valence-corrected chi connectivity index (χ1v) is 33.5. The van der Waals surface area contributed by atoms with Crippen LogP contribution in [0.5, 0.6) is 0 Å². The molecule has 16 atom stereocenters. The summed E-state index contributed by atoms with van der Waals surface area (Å²) in [5, 5.41) is 0.382. The lowest BCUT2D eigenvalue weighted by Gasteiger charge is -2.53. The summed E-state index contributed by atoms with van der Waals surface area (Å²) >= 11 is 12.9. The molecule has 2 N–H and O–H groups in total. The summed E-state index contributed by atoms with van der Waals surface area (Å²) in [5.41, 5.74) is 14.9. The van der Waals surface area contributed by atoms with Gasteiger partial charge in [0.15, 0.2) is 0 Å². The number of rotatable bonds is 8. The van der Waals surface area contributed by atoms with Crippen LogP contribution in [0.2, 0.25) is 0 Å². The van der Waals surface area contributed by atoms with Crippen molar-refractivity contribution in [2.24, 2.45) is 122 Å². The van der Waals surface area contributed by atoms with Gasteiger partial charge >= 0.3 is 0 Å². The fraction of sp³-hybridized carbons (Fsp3) is 0.882. The number of alkyl halides is 3. The highest BCUT2D eigenvalue weighted by molar-refractivity contribution is 14.1. The average molecular weight is 1190 g/mol. The molecule has 1 nitrogen and oxygen atoms in total. The first-order chi connectivity index (χ1) is 33.4. The van der Waals surface area contributed by atoms with Crippen LogP contribution >= 0.6 is 50.1 Å². The smallest absolute Gasteiger partial charge is 0.0373 e. The summed E-state index contributed by atoms with van der Waals surface area (Å²) in [4.78, 5) is 0.722. The van der Waals surface area contributed by atoms with Gasteiger partial charge in [0.25, 0.3) is 0 Å². The molecular weight excluding hydrogens is 1070 g/mol.